The van der Waals surface area contributed by atoms with Crippen LogP contribution >= 0.6 is 23.1 Å². The van der Waals surface area contributed by atoms with Gasteiger partial charge in [0.1, 0.15) is 0 Å². The van der Waals surface area contributed by atoms with Crippen molar-refractivity contribution in [2.24, 2.45) is 5.10 Å². The van der Waals surface area contributed by atoms with E-state index >= 15 is 0 Å². The van der Waals surface area contributed by atoms with Crippen molar-refractivity contribution in [3.05, 3.63) is 82.3 Å². The van der Waals surface area contributed by atoms with E-state index in [1.165, 1.54) is 23.1 Å². The fourth-order valence-corrected chi connectivity index (χ4v) is 4.84. The fraction of sp³-hybridized carbons (Fsp3) is 0.167. The lowest BCUT2D eigenvalue weighted by atomic mass is 10.2. The Hall–Kier alpha value is -3.63. The second-order valence-electron chi connectivity index (χ2n) is 7.35. The van der Waals surface area contributed by atoms with Crippen LogP contribution in [0.25, 0.3) is 0 Å². The van der Waals surface area contributed by atoms with Gasteiger partial charge < -0.3 is 10.6 Å². The highest BCUT2D eigenvalue weighted by Crippen LogP contribution is 2.31. The molecular weight excluding hydrogens is 468 g/mol. The molecule has 0 spiro atoms. The van der Waals surface area contributed by atoms with E-state index in [4.69, 9.17) is 0 Å². The number of likely N-dealkylation sites (N-methyl/N-ethyl adjacent to an activating group) is 1. The Kier molecular flexibility index (Phi) is 7.61. The zero-order valence-electron chi connectivity index (χ0n) is 18.7. The number of thiazole rings is 1. The predicted molar refractivity (Wildman–Crippen MR) is 140 cm³/mol. The van der Waals surface area contributed by atoms with Crippen molar-refractivity contribution < 1.29 is 9.59 Å². The van der Waals surface area contributed by atoms with Crippen molar-refractivity contribution >= 4 is 56.6 Å². The second-order valence-corrected chi connectivity index (χ2v) is 9.47. The average molecular weight is 493 g/mol. The third kappa shape index (κ3) is 5.83. The van der Waals surface area contributed by atoms with Crippen molar-refractivity contribution in [2.45, 2.75) is 20.3 Å². The number of para-hydroxylation sites is 2. The van der Waals surface area contributed by atoms with Gasteiger partial charge in [-0.3, -0.25) is 19.9 Å². The van der Waals surface area contributed by atoms with Gasteiger partial charge in [-0.1, -0.05) is 47.7 Å². The molecule has 0 unspecified atom stereocenters. The number of thioether (sulfide) groups is 1. The number of amidine groups is 1. The van der Waals surface area contributed by atoms with Gasteiger partial charge in [-0.2, -0.15) is 0 Å². The Morgan fingerprint density at radius 1 is 1.15 bits per heavy atom. The van der Waals surface area contributed by atoms with Crippen LogP contribution in [0.2, 0.25) is 0 Å². The summed E-state index contributed by atoms with van der Waals surface area (Å²) in [4.78, 5) is 32.4. The van der Waals surface area contributed by atoms with Crippen LogP contribution in [0.1, 0.15) is 17.4 Å². The SMILES string of the molecule is CCN1C(=O)/C(=C\Nc2ccccc2)S/C1=N\Nc1ncc(CC(=O)Nc2ccccc2C)s1. The topological polar surface area (TPSA) is 98.7 Å². The van der Waals surface area contributed by atoms with Gasteiger partial charge in [0.25, 0.3) is 5.91 Å². The number of anilines is 3. The first-order valence-corrected chi connectivity index (χ1v) is 12.3. The number of carbonyl (C=O) groups is 2. The van der Waals surface area contributed by atoms with Gasteiger partial charge in [0.15, 0.2) is 5.17 Å². The summed E-state index contributed by atoms with van der Waals surface area (Å²) >= 11 is 2.63. The molecule has 3 aromatic rings. The molecule has 8 nitrogen and oxygen atoms in total. The van der Waals surface area contributed by atoms with Gasteiger partial charge in [0, 0.05) is 35.2 Å². The van der Waals surface area contributed by atoms with E-state index in [1.807, 2.05) is 68.4 Å². The van der Waals surface area contributed by atoms with Crippen molar-refractivity contribution in [3.63, 3.8) is 0 Å². The molecule has 3 N–H and O–H groups in total. The molecule has 2 amide bonds. The molecule has 1 aromatic heterocycles. The highest BCUT2D eigenvalue weighted by Gasteiger charge is 2.32. The monoisotopic (exact) mass is 492 g/mol. The number of carbonyl (C=O) groups excluding carboxylic acids is 2. The number of nitrogens with zero attached hydrogens (tertiary/aromatic N) is 3. The smallest absolute Gasteiger partial charge is 0.268 e. The second kappa shape index (κ2) is 11.0. The average Bonchev–Trinajstić information content (AvgIpc) is 3.41. The minimum absolute atomic E-state index is 0.106. The molecule has 1 saturated heterocycles. The fourth-order valence-electron chi connectivity index (χ4n) is 3.16. The molecule has 4 rings (SSSR count). The number of rotatable bonds is 8. The predicted octanol–water partition coefficient (Wildman–Crippen LogP) is 4.86. The van der Waals surface area contributed by atoms with Crippen LogP contribution in [0.15, 0.2) is 77.0 Å². The molecule has 174 valence electrons. The largest absolute Gasteiger partial charge is 0.360 e. The van der Waals surface area contributed by atoms with Crippen LogP contribution in [0.3, 0.4) is 0 Å². The summed E-state index contributed by atoms with van der Waals surface area (Å²) in [6.45, 7) is 4.35. The minimum atomic E-state index is -0.107. The number of nitrogens with one attached hydrogen (secondary N) is 3. The van der Waals surface area contributed by atoms with Gasteiger partial charge in [-0.25, -0.2) is 4.98 Å². The van der Waals surface area contributed by atoms with E-state index in [0.717, 1.165) is 21.8 Å². The maximum atomic E-state index is 12.7. The number of benzene rings is 2. The zero-order chi connectivity index (χ0) is 23.9. The first-order valence-electron chi connectivity index (χ1n) is 10.7. The number of amides is 2. The quantitative estimate of drug-likeness (QED) is 0.307. The van der Waals surface area contributed by atoms with E-state index in [9.17, 15) is 9.59 Å². The molecule has 1 aliphatic heterocycles. The van der Waals surface area contributed by atoms with Crippen LogP contribution in [-0.4, -0.2) is 33.4 Å². The Bertz CT molecular complexity index is 1240. The minimum Gasteiger partial charge on any atom is -0.360 e. The number of hydrogen-bond donors (Lipinski definition) is 3. The molecule has 0 saturated carbocycles. The zero-order valence-corrected chi connectivity index (χ0v) is 20.4. The normalized spacial score (nSPS) is 15.7. The summed E-state index contributed by atoms with van der Waals surface area (Å²) in [5.74, 6) is -0.213. The highest BCUT2D eigenvalue weighted by molar-refractivity contribution is 8.18. The van der Waals surface area contributed by atoms with Crippen LogP contribution in [0, 0.1) is 6.92 Å². The van der Waals surface area contributed by atoms with Crippen molar-refractivity contribution in [2.75, 3.05) is 22.6 Å². The lowest BCUT2D eigenvalue weighted by Crippen LogP contribution is -2.29. The molecule has 0 aliphatic carbocycles. The van der Waals surface area contributed by atoms with Crippen molar-refractivity contribution in [1.82, 2.24) is 9.88 Å². The number of hydrazone groups is 1. The summed E-state index contributed by atoms with van der Waals surface area (Å²) < 4.78 is 0. The van der Waals surface area contributed by atoms with E-state index in [2.05, 4.69) is 26.1 Å². The van der Waals surface area contributed by atoms with E-state index < -0.39 is 0 Å². The molecule has 1 fully saturated rings. The van der Waals surface area contributed by atoms with Gasteiger partial charge in [0.2, 0.25) is 11.0 Å². The molecule has 0 atom stereocenters. The summed E-state index contributed by atoms with van der Waals surface area (Å²) in [5.41, 5.74) is 5.63. The highest BCUT2D eigenvalue weighted by atomic mass is 32.2. The Morgan fingerprint density at radius 2 is 1.91 bits per heavy atom. The third-order valence-corrected chi connectivity index (χ3v) is 6.81. The summed E-state index contributed by atoms with van der Waals surface area (Å²) in [5, 5.41) is 11.6. The number of aryl methyl sites for hydroxylation is 1. The van der Waals surface area contributed by atoms with Crippen LogP contribution in [-0.2, 0) is 16.0 Å². The lowest BCUT2D eigenvalue weighted by molar-refractivity contribution is -0.122. The maximum Gasteiger partial charge on any atom is 0.268 e. The molecular formula is C24H24N6O2S2. The van der Waals surface area contributed by atoms with Crippen LogP contribution in [0.5, 0.6) is 0 Å². The first-order chi connectivity index (χ1) is 16.5. The summed E-state index contributed by atoms with van der Waals surface area (Å²) in [6.07, 6.45) is 3.57. The summed E-state index contributed by atoms with van der Waals surface area (Å²) in [6, 6.07) is 17.3. The van der Waals surface area contributed by atoms with E-state index in [-0.39, 0.29) is 18.2 Å². The van der Waals surface area contributed by atoms with Gasteiger partial charge in [-0.15, -0.1) is 5.10 Å². The van der Waals surface area contributed by atoms with Crippen molar-refractivity contribution in [1.29, 1.82) is 0 Å². The molecule has 1 aliphatic rings. The van der Waals surface area contributed by atoms with Gasteiger partial charge >= 0.3 is 0 Å². The molecule has 34 heavy (non-hydrogen) atoms. The third-order valence-electron chi connectivity index (χ3n) is 4.90. The molecule has 0 radical (unpaired) electrons. The van der Waals surface area contributed by atoms with Crippen molar-refractivity contribution in [3.8, 4) is 0 Å². The molecule has 10 heteroatoms. The van der Waals surface area contributed by atoms with E-state index in [1.54, 1.807) is 17.3 Å². The molecule has 2 heterocycles. The molecule has 2 aromatic carbocycles. The lowest BCUT2D eigenvalue weighted by Gasteiger charge is -2.11. The Labute approximate surface area is 206 Å². The van der Waals surface area contributed by atoms with Crippen LogP contribution < -0.4 is 16.1 Å². The van der Waals surface area contributed by atoms with Gasteiger partial charge in [0.05, 0.1) is 11.3 Å². The Morgan fingerprint density at radius 3 is 2.68 bits per heavy atom. The number of aromatic nitrogens is 1. The van der Waals surface area contributed by atoms with Crippen LogP contribution in [0.4, 0.5) is 16.5 Å². The number of hydrogen-bond acceptors (Lipinski definition) is 8. The van der Waals surface area contributed by atoms with E-state index in [0.29, 0.717) is 21.7 Å². The summed E-state index contributed by atoms with van der Waals surface area (Å²) in [7, 11) is 0. The first kappa shape index (κ1) is 23.5. The van der Waals surface area contributed by atoms with Gasteiger partial charge in [-0.05, 0) is 49.4 Å². The maximum absolute atomic E-state index is 12.7. The molecule has 0 bridgehead atoms. The standard InChI is InChI=1S/C24H24N6O2S2/c1-3-30-22(32)20(15-25-17-10-5-4-6-11-17)34-24(30)29-28-23-26-14-18(33-23)13-21(31)27-19-12-8-7-9-16(19)2/h4-12,14-15,25H,3,13H2,1-2H3,(H,26,28)(H,27,31)/b20-15+,29-24-. The Balaban J connectivity index is 1.37.